The summed E-state index contributed by atoms with van der Waals surface area (Å²) in [6, 6.07) is 5.17. The Hall–Kier alpha value is -1.89. The number of likely N-dealkylation sites (tertiary alicyclic amines) is 1. The zero-order valence-electron chi connectivity index (χ0n) is 15.9. The van der Waals surface area contributed by atoms with Crippen LogP contribution in [0.4, 0.5) is 8.78 Å². The van der Waals surface area contributed by atoms with Gasteiger partial charge in [0.15, 0.2) is 5.96 Å². The van der Waals surface area contributed by atoms with Crippen LogP contribution in [0.3, 0.4) is 0 Å². The third kappa shape index (κ3) is 6.78. The molecule has 1 atom stereocenters. The third-order valence-corrected chi connectivity index (χ3v) is 4.46. The summed E-state index contributed by atoms with van der Waals surface area (Å²) in [5, 5.41) is 6.59. The first-order valence-electron chi connectivity index (χ1n) is 9.23. The average Bonchev–Trinajstić information content (AvgIpc) is 2.59. The SMILES string of the molecule is CCNC(=NCc1cc(C)ccc1OC(F)F)NCC1CCCN(C)C1. The van der Waals surface area contributed by atoms with E-state index in [9.17, 15) is 8.78 Å². The molecule has 0 aromatic heterocycles. The van der Waals surface area contributed by atoms with Crippen molar-refractivity contribution in [1.29, 1.82) is 0 Å². The van der Waals surface area contributed by atoms with E-state index in [2.05, 4.69) is 32.3 Å². The zero-order chi connectivity index (χ0) is 18.9. The standard InChI is InChI=1S/C19H30F2N4O/c1-4-22-19(23-11-15-6-5-9-25(3)13-15)24-12-16-10-14(2)7-8-17(16)26-18(20)21/h7-8,10,15,18H,4-6,9,11-13H2,1-3H3,(H2,22,23,24). The van der Waals surface area contributed by atoms with Crippen molar-refractivity contribution in [3.05, 3.63) is 29.3 Å². The van der Waals surface area contributed by atoms with E-state index in [4.69, 9.17) is 0 Å². The molecule has 146 valence electrons. The molecule has 2 N–H and O–H groups in total. The van der Waals surface area contributed by atoms with Gasteiger partial charge in [-0.05, 0) is 52.3 Å². The smallest absolute Gasteiger partial charge is 0.387 e. The van der Waals surface area contributed by atoms with Crippen LogP contribution in [0.15, 0.2) is 23.2 Å². The number of nitrogens with one attached hydrogen (secondary N) is 2. The van der Waals surface area contributed by atoms with Crippen LogP contribution in [0.25, 0.3) is 0 Å². The largest absolute Gasteiger partial charge is 0.434 e. The van der Waals surface area contributed by atoms with Crippen LogP contribution in [-0.2, 0) is 6.54 Å². The van der Waals surface area contributed by atoms with E-state index in [1.54, 1.807) is 12.1 Å². The number of aryl methyl sites for hydroxylation is 1. The number of piperidine rings is 1. The van der Waals surface area contributed by atoms with Gasteiger partial charge in [0.05, 0.1) is 6.54 Å². The second-order valence-corrected chi connectivity index (χ2v) is 6.84. The van der Waals surface area contributed by atoms with Gasteiger partial charge in [-0.25, -0.2) is 4.99 Å². The Morgan fingerprint density at radius 3 is 2.88 bits per heavy atom. The van der Waals surface area contributed by atoms with E-state index >= 15 is 0 Å². The fourth-order valence-electron chi connectivity index (χ4n) is 3.23. The number of ether oxygens (including phenoxy) is 1. The number of aliphatic imine (C=N–C) groups is 1. The summed E-state index contributed by atoms with van der Waals surface area (Å²) in [5.74, 6) is 1.47. The molecule has 0 aliphatic carbocycles. The van der Waals surface area contributed by atoms with Crippen molar-refractivity contribution >= 4 is 5.96 Å². The third-order valence-electron chi connectivity index (χ3n) is 4.46. The minimum atomic E-state index is -2.84. The van der Waals surface area contributed by atoms with Crippen molar-refractivity contribution < 1.29 is 13.5 Å². The number of hydrogen-bond acceptors (Lipinski definition) is 3. The highest BCUT2D eigenvalue weighted by atomic mass is 19.3. The average molecular weight is 368 g/mol. The minimum absolute atomic E-state index is 0.180. The molecule has 5 nitrogen and oxygen atoms in total. The van der Waals surface area contributed by atoms with Crippen LogP contribution in [0.5, 0.6) is 5.75 Å². The number of alkyl halides is 2. The maximum absolute atomic E-state index is 12.6. The van der Waals surface area contributed by atoms with Gasteiger partial charge in [-0.2, -0.15) is 8.78 Å². The van der Waals surface area contributed by atoms with Gasteiger partial charge in [-0.15, -0.1) is 0 Å². The molecule has 0 spiro atoms. The first kappa shape index (κ1) is 20.4. The summed E-state index contributed by atoms with van der Waals surface area (Å²) in [7, 11) is 2.15. The van der Waals surface area contributed by atoms with Gasteiger partial charge in [0.1, 0.15) is 5.75 Å². The predicted octanol–water partition coefficient (Wildman–Crippen LogP) is 2.99. The highest BCUT2D eigenvalue weighted by molar-refractivity contribution is 5.79. The van der Waals surface area contributed by atoms with E-state index in [0.29, 0.717) is 17.4 Å². The molecule has 1 aromatic carbocycles. The second-order valence-electron chi connectivity index (χ2n) is 6.84. The molecule has 2 rings (SSSR count). The van der Waals surface area contributed by atoms with E-state index in [1.807, 2.05) is 19.9 Å². The molecule has 0 radical (unpaired) electrons. The Labute approximate surface area is 154 Å². The highest BCUT2D eigenvalue weighted by Gasteiger charge is 2.17. The minimum Gasteiger partial charge on any atom is -0.434 e. The lowest BCUT2D eigenvalue weighted by Crippen LogP contribution is -2.43. The number of guanidine groups is 1. The lowest BCUT2D eigenvalue weighted by Gasteiger charge is -2.30. The monoisotopic (exact) mass is 368 g/mol. The van der Waals surface area contributed by atoms with Gasteiger partial charge in [0, 0.05) is 25.2 Å². The first-order chi connectivity index (χ1) is 12.5. The Morgan fingerprint density at radius 2 is 2.19 bits per heavy atom. The molecule has 26 heavy (non-hydrogen) atoms. The second kappa shape index (κ2) is 10.3. The van der Waals surface area contributed by atoms with Crippen molar-refractivity contribution in [3.63, 3.8) is 0 Å². The number of nitrogens with zero attached hydrogens (tertiary/aromatic N) is 2. The van der Waals surface area contributed by atoms with Crippen LogP contribution in [0.2, 0.25) is 0 Å². The normalized spacial score (nSPS) is 18.8. The Kier molecular flexibility index (Phi) is 8.09. The molecule has 0 saturated carbocycles. The summed E-state index contributed by atoms with van der Waals surface area (Å²) in [6.45, 7) is 5.20. The van der Waals surface area contributed by atoms with Gasteiger partial charge < -0.3 is 20.3 Å². The van der Waals surface area contributed by atoms with Crippen molar-refractivity contribution in [1.82, 2.24) is 15.5 Å². The van der Waals surface area contributed by atoms with Crippen LogP contribution in [0, 0.1) is 12.8 Å². The zero-order valence-corrected chi connectivity index (χ0v) is 15.9. The first-order valence-corrected chi connectivity index (χ1v) is 9.23. The molecule has 1 aliphatic rings. The molecule has 1 saturated heterocycles. The lowest BCUT2D eigenvalue weighted by atomic mass is 9.99. The summed E-state index contributed by atoms with van der Waals surface area (Å²) in [6.07, 6.45) is 2.43. The molecule has 0 amide bonds. The van der Waals surface area contributed by atoms with Gasteiger partial charge >= 0.3 is 6.61 Å². The van der Waals surface area contributed by atoms with Crippen molar-refractivity contribution in [2.45, 2.75) is 39.8 Å². The molecule has 1 fully saturated rings. The molecule has 1 aromatic rings. The maximum atomic E-state index is 12.6. The maximum Gasteiger partial charge on any atom is 0.387 e. The fraction of sp³-hybridized carbons (Fsp3) is 0.632. The van der Waals surface area contributed by atoms with Crippen LogP contribution in [0.1, 0.15) is 30.9 Å². The van der Waals surface area contributed by atoms with Crippen LogP contribution >= 0.6 is 0 Å². The van der Waals surface area contributed by atoms with Crippen molar-refractivity contribution in [2.75, 3.05) is 33.2 Å². The summed E-state index contributed by atoms with van der Waals surface area (Å²) < 4.78 is 29.8. The van der Waals surface area contributed by atoms with E-state index in [1.165, 1.54) is 12.8 Å². The highest BCUT2D eigenvalue weighted by Crippen LogP contribution is 2.23. The number of hydrogen-bond donors (Lipinski definition) is 2. The summed E-state index contributed by atoms with van der Waals surface area (Å²) >= 11 is 0. The topological polar surface area (TPSA) is 48.9 Å². The van der Waals surface area contributed by atoms with Crippen LogP contribution in [-0.4, -0.2) is 50.7 Å². The number of benzene rings is 1. The molecular weight excluding hydrogens is 338 g/mol. The Balaban J connectivity index is 2.00. The molecule has 7 heteroatoms. The summed E-state index contributed by atoms with van der Waals surface area (Å²) in [4.78, 5) is 6.90. The van der Waals surface area contributed by atoms with Crippen LogP contribution < -0.4 is 15.4 Å². The number of rotatable bonds is 7. The quantitative estimate of drug-likeness (QED) is 0.574. The van der Waals surface area contributed by atoms with Gasteiger partial charge in [0.2, 0.25) is 0 Å². The number of halogens is 2. The summed E-state index contributed by atoms with van der Waals surface area (Å²) in [5.41, 5.74) is 1.64. The predicted molar refractivity (Wildman–Crippen MR) is 101 cm³/mol. The Morgan fingerprint density at radius 1 is 1.38 bits per heavy atom. The van der Waals surface area contributed by atoms with Gasteiger partial charge in [-0.3, -0.25) is 0 Å². The Bertz CT molecular complexity index is 595. The molecule has 1 aliphatic heterocycles. The van der Waals surface area contributed by atoms with Crippen molar-refractivity contribution in [2.24, 2.45) is 10.9 Å². The van der Waals surface area contributed by atoms with E-state index in [0.717, 1.165) is 31.7 Å². The van der Waals surface area contributed by atoms with Crippen molar-refractivity contribution in [3.8, 4) is 5.75 Å². The lowest BCUT2D eigenvalue weighted by molar-refractivity contribution is -0.0504. The molecular formula is C19H30F2N4O. The van der Waals surface area contributed by atoms with Gasteiger partial charge in [0.25, 0.3) is 0 Å². The molecule has 1 heterocycles. The fourth-order valence-corrected chi connectivity index (χ4v) is 3.23. The van der Waals surface area contributed by atoms with E-state index < -0.39 is 6.61 Å². The molecule has 0 bridgehead atoms. The molecule has 1 unspecified atom stereocenters. The van der Waals surface area contributed by atoms with E-state index in [-0.39, 0.29) is 12.3 Å². The van der Waals surface area contributed by atoms with Gasteiger partial charge in [-0.1, -0.05) is 17.7 Å².